The van der Waals surface area contributed by atoms with Crippen molar-refractivity contribution in [1.82, 2.24) is 10.2 Å². The first kappa shape index (κ1) is 15.9. The van der Waals surface area contributed by atoms with E-state index in [0.717, 1.165) is 12.5 Å². The largest absolute Gasteiger partial charge is 0.313 e. The highest BCUT2D eigenvalue weighted by Gasteiger charge is 2.16. The van der Waals surface area contributed by atoms with Crippen LogP contribution in [0.5, 0.6) is 0 Å². The molecule has 0 saturated heterocycles. The van der Waals surface area contributed by atoms with Crippen LogP contribution in [0, 0.1) is 5.92 Å². The Balaban J connectivity index is 4.20. The highest BCUT2D eigenvalue weighted by Crippen LogP contribution is 2.08. The van der Waals surface area contributed by atoms with Crippen LogP contribution in [0.4, 0.5) is 0 Å². The van der Waals surface area contributed by atoms with Gasteiger partial charge in [-0.05, 0) is 32.7 Å². The van der Waals surface area contributed by atoms with Crippen LogP contribution in [0.3, 0.4) is 0 Å². The van der Waals surface area contributed by atoms with Gasteiger partial charge < -0.3 is 5.32 Å². The monoisotopic (exact) mass is 228 g/mol. The molecule has 0 aliphatic carbocycles. The molecule has 0 aliphatic heterocycles. The molecule has 0 fully saturated rings. The van der Waals surface area contributed by atoms with E-state index >= 15 is 0 Å². The van der Waals surface area contributed by atoms with Crippen LogP contribution in [0.1, 0.15) is 54.4 Å². The Morgan fingerprint density at radius 3 is 2.00 bits per heavy atom. The minimum Gasteiger partial charge on any atom is -0.313 e. The minimum atomic E-state index is 0.653. The fraction of sp³-hybridized carbons (Fsp3) is 1.00. The van der Waals surface area contributed by atoms with E-state index < -0.39 is 0 Å². The molecule has 1 atom stereocenters. The van der Waals surface area contributed by atoms with E-state index in [9.17, 15) is 0 Å². The van der Waals surface area contributed by atoms with Crippen molar-refractivity contribution in [3.63, 3.8) is 0 Å². The van der Waals surface area contributed by atoms with Crippen LogP contribution in [0.25, 0.3) is 0 Å². The maximum Gasteiger partial charge on any atom is 0.0194 e. The van der Waals surface area contributed by atoms with Crippen LogP contribution in [0.2, 0.25) is 0 Å². The molecule has 1 N–H and O–H groups in total. The van der Waals surface area contributed by atoms with Crippen molar-refractivity contribution >= 4 is 0 Å². The summed E-state index contributed by atoms with van der Waals surface area (Å²) in [5.41, 5.74) is 0. The summed E-state index contributed by atoms with van der Waals surface area (Å²) in [6, 6.07) is 1.32. The second-order valence-corrected chi connectivity index (χ2v) is 5.48. The molecule has 0 rings (SSSR count). The predicted molar refractivity (Wildman–Crippen MR) is 73.9 cm³/mol. The van der Waals surface area contributed by atoms with Crippen molar-refractivity contribution in [2.24, 2.45) is 5.92 Å². The first-order valence-electron chi connectivity index (χ1n) is 6.98. The molecule has 2 nitrogen and oxygen atoms in total. The molecule has 0 bridgehead atoms. The van der Waals surface area contributed by atoms with Gasteiger partial charge in [0, 0.05) is 25.2 Å². The van der Waals surface area contributed by atoms with E-state index in [-0.39, 0.29) is 0 Å². The van der Waals surface area contributed by atoms with Crippen molar-refractivity contribution < 1.29 is 0 Å². The van der Waals surface area contributed by atoms with Gasteiger partial charge in [0.05, 0.1) is 0 Å². The standard InChI is InChI=1S/C14H32N2/c1-7-9-14(15-8-2)11-16(13(5)6)10-12(3)4/h12-15H,7-11H2,1-6H3. The lowest BCUT2D eigenvalue weighted by atomic mass is 10.1. The van der Waals surface area contributed by atoms with Gasteiger partial charge in [-0.25, -0.2) is 0 Å². The molecule has 16 heavy (non-hydrogen) atoms. The van der Waals surface area contributed by atoms with Gasteiger partial charge in [-0.2, -0.15) is 0 Å². The Morgan fingerprint density at radius 1 is 1.00 bits per heavy atom. The van der Waals surface area contributed by atoms with Gasteiger partial charge in [-0.15, -0.1) is 0 Å². The molecule has 0 radical (unpaired) electrons. The molecule has 0 aromatic rings. The highest BCUT2D eigenvalue weighted by atomic mass is 15.2. The molecular weight excluding hydrogens is 196 g/mol. The number of nitrogens with one attached hydrogen (secondary N) is 1. The first-order chi connectivity index (χ1) is 7.51. The second-order valence-electron chi connectivity index (χ2n) is 5.48. The molecule has 0 spiro atoms. The third kappa shape index (κ3) is 7.24. The van der Waals surface area contributed by atoms with Gasteiger partial charge in [0.2, 0.25) is 0 Å². The second kappa shape index (κ2) is 9.00. The van der Waals surface area contributed by atoms with Gasteiger partial charge in [-0.1, -0.05) is 34.1 Å². The van der Waals surface area contributed by atoms with Crippen molar-refractivity contribution in [2.75, 3.05) is 19.6 Å². The Bertz CT molecular complexity index is 149. The van der Waals surface area contributed by atoms with Crippen molar-refractivity contribution in [3.05, 3.63) is 0 Å². The Hall–Kier alpha value is -0.0800. The lowest BCUT2D eigenvalue weighted by Gasteiger charge is -2.32. The minimum absolute atomic E-state index is 0.653. The van der Waals surface area contributed by atoms with Crippen LogP contribution in [-0.2, 0) is 0 Å². The van der Waals surface area contributed by atoms with Gasteiger partial charge in [0.15, 0.2) is 0 Å². The van der Waals surface area contributed by atoms with E-state index in [0.29, 0.717) is 12.1 Å². The topological polar surface area (TPSA) is 15.3 Å². The molecule has 0 saturated carbocycles. The zero-order chi connectivity index (χ0) is 12.6. The normalized spacial score (nSPS) is 14.1. The molecule has 0 aromatic heterocycles. The number of hydrogen-bond acceptors (Lipinski definition) is 2. The van der Waals surface area contributed by atoms with E-state index in [2.05, 4.69) is 51.8 Å². The van der Waals surface area contributed by atoms with E-state index in [1.807, 2.05) is 0 Å². The summed E-state index contributed by atoms with van der Waals surface area (Å²) in [5.74, 6) is 0.756. The summed E-state index contributed by atoms with van der Waals surface area (Å²) in [6.45, 7) is 17.2. The van der Waals surface area contributed by atoms with Gasteiger partial charge in [-0.3, -0.25) is 4.90 Å². The maximum absolute atomic E-state index is 3.60. The van der Waals surface area contributed by atoms with E-state index in [4.69, 9.17) is 0 Å². The average molecular weight is 228 g/mol. The first-order valence-corrected chi connectivity index (χ1v) is 6.98. The fourth-order valence-electron chi connectivity index (χ4n) is 2.14. The lowest BCUT2D eigenvalue weighted by molar-refractivity contribution is 0.174. The smallest absolute Gasteiger partial charge is 0.0194 e. The fourth-order valence-corrected chi connectivity index (χ4v) is 2.14. The van der Waals surface area contributed by atoms with E-state index in [1.165, 1.54) is 25.9 Å². The number of nitrogens with zero attached hydrogens (tertiary/aromatic N) is 1. The summed E-state index contributed by atoms with van der Waals surface area (Å²) in [7, 11) is 0. The summed E-state index contributed by atoms with van der Waals surface area (Å²) in [5, 5.41) is 3.60. The number of rotatable bonds is 9. The van der Waals surface area contributed by atoms with Crippen molar-refractivity contribution in [2.45, 2.75) is 66.5 Å². The Morgan fingerprint density at radius 2 is 1.62 bits per heavy atom. The molecule has 0 heterocycles. The highest BCUT2D eigenvalue weighted by molar-refractivity contribution is 4.74. The maximum atomic E-state index is 3.60. The third-order valence-corrected chi connectivity index (χ3v) is 2.91. The molecule has 0 aliphatic rings. The molecule has 2 heteroatoms. The Labute approximate surface area is 103 Å². The Kier molecular flexibility index (Phi) is 8.96. The molecular formula is C14H32N2. The SMILES string of the molecule is CCCC(CN(CC(C)C)C(C)C)NCC. The van der Waals surface area contributed by atoms with Gasteiger partial charge >= 0.3 is 0 Å². The predicted octanol–water partition coefficient (Wildman–Crippen LogP) is 3.13. The third-order valence-electron chi connectivity index (χ3n) is 2.91. The summed E-state index contributed by atoms with van der Waals surface area (Å²) < 4.78 is 0. The summed E-state index contributed by atoms with van der Waals surface area (Å²) >= 11 is 0. The van der Waals surface area contributed by atoms with Crippen molar-refractivity contribution in [1.29, 1.82) is 0 Å². The molecule has 98 valence electrons. The van der Waals surface area contributed by atoms with Gasteiger partial charge in [0.1, 0.15) is 0 Å². The van der Waals surface area contributed by atoms with E-state index in [1.54, 1.807) is 0 Å². The average Bonchev–Trinajstić information content (AvgIpc) is 2.16. The summed E-state index contributed by atoms with van der Waals surface area (Å²) in [6.07, 6.45) is 2.56. The van der Waals surface area contributed by atoms with Crippen molar-refractivity contribution in [3.8, 4) is 0 Å². The van der Waals surface area contributed by atoms with Crippen LogP contribution < -0.4 is 5.32 Å². The zero-order valence-corrected chi connectivity index (χ0v) is 12.2. The number of hydrogen-bond donors (Lipinski definition) is 1. The molecule has 0 aromatic carbocycles. The summed E-state index contributed by atoms with van der Waals surface area (Å²) in [4.78, 5) is 2.60. The van der Waals surface area contributed by atoms with Crippen LogP contribution in [-0.4, -0.2) is 36.6 Å². The molecule has 0 amide bonds. The number of likely N-dealkylation sites (N-methyl/N-ethyl adjacent to an activating group) is 1. The van der Waals surface area contributed by atoms with Gasteiger partial charge in [0.25, 0.3) is 0 Å². The van der Waals surface area contributed by atoms with Crippen LogP contribution in [0.15, 0.2) is 0 Å². The zero-order valence-electron chi connectivity index (χ0n) is 12.2. The quantitative estimate of drug-likeness (QED) is 0.652. The lowest BCUT2D eigenvalue weighted by Crippen LogP contribution is -2.45. The molecule has 1 unspecified atom stereocenters. The van der Waals surface area contributed by atoms with Crippen LogP contribution >= 0.6 is 0 Å².